The van der Waals surface area contributed by atoms with Crippen molar-refractivity contribution in [3.63, 3.8) is 0 Å². The predicted octanol–water partition coefficient (Wildman–Crippen LogP) is 2.17. The van der Waals surface area contributed by atoms with Crippen LogP contribution in [-0.2, 0) is 19.1 Å². The Bertz CT molecular complexity index is 928. The van der Waals surface area contributed by atoms with Crippen molar-refractivity contribution < 1.29 is 23.9 Å². The molecule has 1 aromatic rings. The fourth-order valence-corrected chi connectivity index (χ4v) is 5.95. The molecule has 0 bridgehead atoms. The van der Waals surface area contributed by atoms with E-state index in [1.54, 1.807) is 6.92 Å². The Morgan fingerprint density at radius 3 is 2.35 bits per heavy atom. The number of hydrogen-bond acceptors (Lipinski definition) is 5. The molecular weight excluding hydrogens is 434 g/mol. The highest BCUT2D eigenvalue weighted by molar-refractivity contribution is 5.82. The number of piperazine rings is 1. The number of ether oxygens (including phenoxy) is 2. The van der Waals surface area contributed by atoms with Crippen LogP contribution in [-0.4, -0.2) is 90.0 Å². The van der Waals surface area contributed by atoms with Crippen molar-refractivity contribution in [2.45, 2.75) is 63.1 Å². The molecular formula is C26H35N3O5. The van der Waals surface area contributed by atoms with Crippen LogP contribution in [0.4, 0.5) is 0 Å². The van der Waals surface area contributed by atoms with Gasteiger partial charge in [0.15, 0.2) is 0 Å². The molecule has 8 heteroatoms. The summed E-state index contributed by atoms with van der Waals surface area (Å²) in [6, 6.07) is 8.06. The van der Waals surface area contributed by atoms with Gasteiger partial charge in [0.1, 0.15) is 17.5 Å². The molecule has 4 aliphatic heterocycles. The second-order valence-electron chi connectivity index (χ2n) is 10.1. The van der Waals surface area contributed by atoms with Gasteiger partial charge in [0.2, 0.25) is 11.8 Å². The maximum absolute atomic E-state index is 13.3. The molecule has 4 aliphatic rings. The number of benzene rings is 1. The van der Waals surface area contributed by atoms with Gasteiger partial charge >= 0.3 is 0 Å². The third-order valence-electron chi connectivity index (χ3n) is 7.99. The molecule has 0 N–H and O–H groups in total. The van der Waals surface area contributed by atoms with Crippen LogP contribution < -0.4 is 4.74 Å². The SMILES string of the molecule is CC(=O)N1CCC2(CC1)C[C@@H](CC(=O)N1CCN(C(=O)[C@H]3CCCO3)CC1)c1ccccc1O2. The zero-order valence-corrected chi connectivity index (χ0v) is 20.0. The maximum Gasteiger partial charge on any atom is 0.251 e. The van der Waals surface area contributed by atoms with Crippen molar-refractivity contribution in [3.05, 3.63) is 29.8 Å². The van der Waals surface area contributed by atoms with Gasteiger partial charge in [0, 0.05) is 78.0 Å². The average molecular weight is 470 g/mol. The largest absolute Gasteiger partial charge is 0.487 e. The lowest BCUT2D eigenvalue weighted by atomic mass is 9.76. The van der Waals surface area contributed by atoms with Gasteiger partial charge in [-0.1, -0.05) is 18.2 Å². The standard InChI is InChI=1S/C26H35N3O5/c1-19(30)27-10-8-26(9-11-27)18-20(21-5-2-3-6-22(21)34-26)17-24(31)28-12-14-29(15-13-28)25(32)23-7-4-16-33-23/h2-3,5-6,20,23H,4,7-18H2,1H3/t20-,23-/m1/s1. The van der Waals surface area contributed by atoms with E-state index in [-0.39, 0.29) is 35.3 Å². The fraction of sp³-hybridized carbons (Fsp3) is 0.654. The molecule has 5 rings (SSSR count). The van der Waals surface area contributed by atoms with Crippen LogP contribution in [0.2, 0.25) is 0 Å². The summed E-state index contributed by atoms with van der Waals surface area (Å²) in [7, 11) is 0. The van der Waals surface area contributed by atoms with Gasteiger partial charge in [0.05, 0.1) is 0 Å². The van der Waals surface area contributed by atoms with E-state index in [0.717, 1.165) is 43.4 Å². The summed E-state index contributed by atoms with van der Waals surface area (Å²) in [5.74, 6) is 1.28. The number of para-hydroxylation sites is 1. The highest BCUT2D eigenvalue weighted by atomic mass is 16.5. The lowest BCUT2D eigenvalue weighted by molar-refractivity contribution is -0.146. The highest BCUT2D eigenvalue weighted by Gasteiger charge is 2.44. The van der Waals surface area contributed by atoms with Crippen molar-refractivity contribution in [1.82, 2.24) is 14.7 Å². The minimum atomic E-state index is -0.322. The number of fused-ring (bicyclic) bond motifs is 1. The molecule has 184 valence electrons. The van der Waals surface area contributed by atoms with Crippen LogP contribution in [0.1, 0.15) is 56.9 Å². The van der Waals surface area contributed by atoms with Crippen LogP contribution in [0, 0.1) is 0 Å². The lowest BCUT2D eigenvalue weighted by Crippen LogP contribution is -2.53. The summed E-state index contributed by atoms with van der Waals surface area (Å²) in [6.45, 7) is 5.94. The molecule has 0 radical (unpaired) electrons. The molecule has 2 atom stereocenters. The normalized spacial score (nSPS) is 26.2. The van der Waals surface area contributed by atoms with Gasteiger partial charge in [-0.3, -0.25) is 14.4 Å². The van der Waals surface area contributed by atoms with Gasteiger partial charge in [-0.2, -0.15) is 0 Å². The third kappa shape index (κ3) is 4.65. The molecule has 0 saturated carbocycles. The topological polar surface area (TPSA) is 79.4 Å². The van der Waals surface area contributed by atoms with Gasteiger partial charge in [-0.15, -0.1) is 0 Å². The molecule has 3 amide bonds. The van der Waals surface area contributed by atoms with Crippen LogP contribution >= 0.6 is 0 Å². The number of carbonyl (C=O) groups excluding carboxylic acids is 3. The van der Waals surface area contributed by atoms with E-state index in [9.17, 15) is 14.4 Å². The van der Waals surface area contributed by atoms with Crippen molar-refractivity contribution in [2.24, 2.45) is 0 Å². The number of hydrogen-bond donors (Lipinski definition) is 0. The number of likely N-dealkylation sites (tertiary alicyclic amines) is 1. The van der Waals surface area contributed by atoms with Crippen LogP contribution in [0.25, 0.3) is 0 Å². The first-order valence-corrected chi connectivity index (χ1v) is 12.7. The molecule has 3 saturated heterocycles. The molecule has 3 fully saturated rings. The van der Waals surface area contributed by atoms with E-state index in [0.29, 0.717) is 52.3 Å². The quantitative estimate of drug-likeness (QED) is 0.678. The molecule has 4 heterocycles. The molecule has 1 spiro atoms. The number of rotatable bonds is 3. The van der Waals surface area contributed by atoms with Gasteiger partial charge in [0.25, 0.3) is 5.91 Å². The minimum absolute atomic E-state index is 0.0711. The van der Waals surface area contributed by atoms with E-state index in [1.165, 1.54) is 0 Å². The number of nitrogens with zero attached hydrogens (tertiary/aromatic N) is 3. The summed E-state index contributed by atoms with van der Waals surface area (Å²) in [5.41, 5.74) is 0.778. The van der Waals surface area contributed by atoms with E-state index in [2.05, 4.69) is 6.07 Å². The van der Waals surface area contributed by atoms with E-state index in [1.807, 2.05) is 32.9 Å². The molecule has 0 aliphatic carbocycles. The van der Waals surface area contributed by atoms with Crippen LogP contribution in [0.3, 0.4) is 0 Å². The van der Waals surface area contributed by atoms with E-state index in [4.69, 9.17) is 9.47 Å². The van der Waals surface area contributed by atoms with Gasteiger partial charge in [-0.05, 0) is 30.9 Å². The minimum Gasteiger partial charge on any atom is -0.487 e. The predicted molar refractivity (Wildman–Crippen MR) is 125 cm³/mol. The highest BCUT2D eigenvalue weighted by Crippen LogP contribution is 2.46. The molecule has 1 aromatic carbocycles. The number of amides is 3. The monoisotopic (exact) mass is 469 g/mol. The first-order chi connectivity index (χ1) is 16.4. The Labute approximate surface area is 201 Å². The third-order valence-corrected chi connectivity index (χ3v) is 7.99. The first-order valence-electron chi connectivity index (χ1n) is 12.7. The summed E-state index contributed by atoms with van der Waals surface area (Å²) in [6.07, 6.45) is 4.25. The summed E-state index contributed by atoms with van der Waals surface area (Å²) < 4.78 is 12.1. The summed E-state index contributed by atoms with van der Waals surface area (Å²) in [4.78, 5) is 43.4. The molecule has 0 unspecified atom stereocenters. The maximum atomic E-state index is 13.3. The second-order valence-corrected chi connectivity index (χ2v) is 10.1. The van der Waals surface area contributed by atoms with Crippen molar-refractivity contribution in [1.29, 1.82) is 0 Å². The molecule has 8 nitrogen and oxygen atoms in total. The Kier molecular flexibility index (Phi) is 6.51. The Morgan fingerprint density at radius 1 is 0.971 bits per heavy atom. The van der Waals surface area contributed by atoms with Gasteiger partial charge in [-0.25, -0.2) is 0 Å². The molecule has 34 heavy (non-hydrogen) atoms. The van der Waals surface area contributed by atoms with Gasteiger partial charge < -0.3 is 24.2 Å². The number of carbonyl (C=O) groups is 3. The zero-order chi connectivity index (χ0) is 23.7. The first kappa shape index (κ1) is 23.1. The Hall–Kier alpha value is -2.61. The van der Waals surface area contributed by atoms with Crippen molar-refractivity contribution in [3.8, 4) is 5.75 Å². The lowest BCUT2D eigenvalue weighted by Gasteiger charge is -2.47. The smallest absolute Gasteiger partial charge is 0.251 e. The van der Waals surface area contributed by atoms with Crippen LogP contribution in [0.15, 0.2) is 24.3 Å². The molecule has 0 aromatic heterocycles. The second kappa shape index (κ2) is 9.56. The Balaban J connectivity index is 1.22. The van der Waals surface area contributed by atoms with E-state index < -0.39 is 0 Å². The average Bonchev–Trinajstić information content (AvgIpc) is 3.39. The summed E-state index contributed by atoms with van der Waals surface area (Å²) in [5, 5.41) is 0. The number of piperidine rings is 1. The Morgan fingerprint density at radius 2 is 1.68 bits per heavy atom. The van der Waals surface area contributed by atoms with E-state index >= 15 is 0 Å². The van der Waals surface area contributed by atoms with Crippen LogP contribution in [0.5, 0.6) is 5.75 Å². The van der Waals surface area contributed by atoms with Crippen molar-refractivity contribution in [2.75, 3.05) is 45.9 Å². The summed E-state index contributed by atoms with van der Waals surface area (Å²) >= 11 is 0. The fourth-order valence-electron chi connectivity index (χ4n) is 5.95. The zero-order valence-electron chi connectivity index (χ0n) is 20.0. The van der Waals surface area contributed by atoms with Crippen molar-refractivity contribution >= 4 is 17.7 Å².